The second-order valence-electron chi connectivity index (χ2n) is 8.04. The first kappa shape index (κ1) is 19.8. The van der Waals surface area contributed by atoms with Crippen LogP contribution >= 0.6 is 15.9 Å². The molecule has 5 rings (SSSR count). The van der Waals surface area contributed by atoms with Crippen LogP contribution in [-0.4, -0.2) is 51.5 Å². The first-order valence-corrected chi connectivity index (χ1v) is 10.8. The minimum atomic E-state index is -0.932. The zero-order valence-electron chi connectivity index (χ0n) is 16.6. The molecule has 0 unspecified atom stereocenters. The SMILES string of the molecule is O=C(O)CC1(n2ccc(Br)n2)CN(C(=O)OCC2c3ccccc3-c3ccccc32)C1. The van der Waals surface area contributed by atoms with Gasteiger partial charge in [0, 0.05) is 12.1 Å². The van der Waals surface area contributed by atoms with Crippen molar-refractivity contribution in [2.24, 2.45) is 0 Å². The molecule has 8 heteroatoms. The molecule has 0 saturated carbocycles. The highest BCUT2D eigenvalue weighted by Crippen LogP contribution is 2.44. The third-order valence-electron chi connectivity index (χ3n) is 6.09. The lowest BCUT2D eigenvalue weighted by molar-refractivity contribution is -0.142. The van der Waals surface area contributed by atoms with Crippen LogP contribution in [0.15, 0.2) is 65.4 Å². The molecule has 1 aliphatic heterocycles. The van der Waals surface area contributed by atoms with E-state index in [4.69, 9.17) is 4.74 Å². The Balaban J connectivity index is 1.28. The van der Waals surface area contributed by atoms with Crippen molar-refractivity contribution in [1.82, 2.24) is 14.7 Å². The number of fused-ring (bicyclic) bond motifs is 3. The van der Waals surface area contributed by atoms with E-state index in [1.165, 1.54) is 16.0 Å². The summed E-state index contributed by atoms with van der Waals surface area (Å²) >= 11 is 3.29. The molecule has 1 N–H and O–H groups in total. The molecular formula is C23H20BrN3O4. The zero-order valence-corrected chi connectivity index (χ0v) is 18.2. The van der Waals surface area contributed by atoms with Gasteiger partial charge in [-0.05, 0) is 44.3 Å². The molecule has 2 aliphatic rings. The van der Waals surface area contributed by atoms with Crippen LogP contribution in [-0.2, 0) is 15.1 Å². The summed E-state index contributed by atoms with van der Waals surface area (Å²) in [5.41, 5.74) is 3.90. The van der Waals surface area contributed by atoms with Crippen LogP contribution in [0.3, 0.4) is 0 Å². The highest BCUT2D eigenvalue weighted by atomic mass is 79.9. The number of hydrogen-bond donors (Lipinski definition) is 1. The Morgan fingerprint density at radius 3 is 2.23 bits per heavy atom. The molecule has 0 radical (unpaired) electrons. The fourth-order valence-electron chi connectivity index (χ4n) is 4.66. The van der Waals surface area contributed by atoms with Crippen molar-refractivity contribution in [2.75, 3.05) is 19.7 Å². The number of carbonyl (C=O) groups is 2. The molecular weight excluding hydrogens is 462 g/mol. The van der Waals surface area contributed by atoms with Crippen LogP contribution in [0.25, 0.3) is 11.1 Å². The highest BCUT2D eigenvalue weighted by molar-refractivity contribution is 9.10. The van der Waals surface area contributed by atoms with E-state index in [2.05, 4.69) is 45.3 Å². The number of hydrogen-bond acceptors (Lipinski definition) is 4. The van der Waals surface area contributed by atoms with Gasteiger partial charge >= 0.3 is 12.1 Å². The summed E-state index contributed by atoms with van der Waals surface area (Å²) in [6, 6.07) is 18.1. The molecule has 1 aromatic heterocycles. The zero-order chi connectivity index (χ0) is 21.6. The van der Waals surface area contributed by atoms with Gasteiger partial charge in [-0.2, -0.15) is 5.10 Å². The molecule has 2 heterocycles. The van der Waals surface area contributed by atoms with Crippen molar-refractivity contribution >= 4 is 28.0 Å². The van der Waals surface area contributed by atoms with E-state index in [-0.39, 0.29) is 32.0 Å². The number of carbonyl (C=O) groups excluding carboxylic acids is 1. The fraction of sp³-hybridized carbons (Fsp3) is 0.261. The number of carboxylic acids is 1. The van der Waals surface area contributed by atoms with Gasteiger partial charge in [-0.25, -0.2) is 4.79 Å². The molecule has 7 nitrogen and oxygen atoms in total. The monoisotopic (exact) mass is 481 g/mol. The molecule has 158 valence electrons. The standard InChI is InChI=1S/C23H20BrN3O4/c24-20-9-10-27(25-20)23(11-21(28)29)13-26(14-23)22(30)31-12-19-17-7-3-1-5-15(17)16-6-2-4-8-18(16)19/h1-10,19H,11-14H2,(H,28,29). The minimum absolute atomic E-state index is 0.0107. The molecule has 0 bridgehead atoms. The maximum absolute atomic E-state index is 12.7. The normalized spacial score (nSPS) is 16.4. The van der Waals surface area contributed by atoms with E-state index in [0.717, 1.165) is 11.1 Å². The van der Waals surface area contributed by atoms with Crippen LogP contribution in [0.2, 0.25) is 0 Å². The van der Waals surface area contributed by atoms with Gasteiger partial charge in [0.1, 0.15) is 16.7 Å². The smallest absolute Gasteiger partial charge is 0.409 e. The largest absolute Gasteiger partial charge is 0.481 e. The maximum Gasteiger partial charge on any atom is 0.409 e. The Morgan fingerprint density at radius 2 is 1.68 bits per heavy atom. The number of halogens is 1. The Labute approximate surface area is 187 Å². The van der Waals surface area contributed by atoms with E-state index in [9.17, 15) is 14.7 Å². The van der Waals surface area contributed by atoms with Crippen LogP contribution < -0.4 is 0 Å². The van der Waals surface area contributed by atoms with Gasteiger partial charge in [0.15, 0.2) is 0 Å². The number of ether oxygens (including phenoxy) is 1. The summed E-state index contributed by atoms with van der Waals surface area (Å²) in [5.74, 6) is -0.942. The van der Waals surface area contributed by atoms with Crippen LogP contribution in [0.1, 0.15) is 23.5 Å². The van der Waals surface area contributed by atoms with Gasteiger partial charge in [0.25, 0.3) is 0 Å². The number of carboxylic acid groups (broad SMARTS) is 1. The predicted molar refractivity (Wildman–Crippen MR) is 117 cm³/mol. The molecule has 0 atom stereocenters. The van der Waals surface area contributed by atoms with Crippen LogP contribution in [0, 0.1) is 0 Å². The summed E-state index contributed by atoms with van der Waals surface area (Å²) in [4.78, 5) is 25.7. The van der Waals surface area contributed by atoms with Crippen molar-refractivity contribution < 1.29 is 19.4 Å². The van der Waals surface area contributed by atoms with Crippen molar-refractivity contribution in [3.05, 3.63) is 76.5 Å². The molecule has 0 spiro atoms. The number of amides is 1. The molecule has 3 aromatic rings. The summed E-state index contributed by atoms with van der Waals surface area (Å²) < 4.78 is 7.93. The second-order valence-corrected chi connectivity index (χ2v) is 8.85. The number of nitrogens with zero attached hydrogens (tertiary/aromatic N) is 3. The lowest BCUT2D eigenvalue weighted by atomic mass is 9.86. The van der Waals surface area contributed by atoms with Gasteiger partial charge in [0.05, 0.1) is 19.5 Å². The second kappa shape index (κ2) is 7.53. The lowest BCUT2D eigenvalue weighted by Crippen LogP contribution is -2.65. The van der Waals surface area contributed by atoms with Gasteiger partial charge in [-0.3, -0.25) is 9.48 Å². The highest BCUT2D eigenvalue weighted by Gasteiger charge is 2.50. The van der Waals surface area contributed by atoms with E-state index in [1.807, 2.05) is 24.3 Å². The van der Waals surface area contributed by atoms with Crippen molar-refractivity contribution in [3.63, 3.8) is 0 Å². The van der Waals surface area contributed by atoms with Crippen molar-refractivity contribution in [1.29, 1.82) is 0 Å². The van der Waals surface area contributed by atoms with Crippen LogP contribution in [0.5, 0.6) is 0 Å². The number of aliphatic carboxylic acids is 1. The number of likely N-dealkylation sites (tertiary alicyclic amines) is 1. The first-order valence-electron chi connectivity index (χ1n) is 10.0. The first-order chi connectivity index (χ1) is 15.0. The van der Waals surface area contributed by atoms with Gasteiger partial charge < -0.3 is 14.7 Å². The molecule has 1 fully saturated rings. The van der Waals surface area contributed by atoms with E-state index in [0.29, 0.717) is 4.60 Å². The summed E-state index contributed by atoms with van der Waals surface area (Å²) in [5, 5.41) is 13.7. The quantitative estimate of drug-likeness (QED) is 0.593. The summed E-state index contributed by atoms with van der Waals surface area (Å²) in [6.45, 7) is 0.719. The summed E-state index contributed by atoms with van der Waals surface area (Å²) in [7, 11) is 0. The lowest BCUT2D eigenvalue weighted by Gasteiger charge is -2.48. The van der Waals surface area contributed by atoms with E-state index < -0.39 is 17.6 Å². The van der Waals surface area contributed by atoms with Crippen molar-refractivity contribution in [2.45, 2.75) is 17.9 Å². The summed E-state index contributed by atoms with van der Waals surface area (Å²) in [6.07, 6.45) is 1.17. The minimum Gasteiger partial charge on any atom is -0.481 e. The van der Waals surface area contributed by atoms with E-state index >= 15 is 0 Å². The van der Waals surface area contributed by atoms with Crippen molar-refractivity contribution in [3.8, 4) is 11.1 Å². The predicted octanol–water partition coefficient (Wildman–Crippen LogP) is 4.08. The Hall–Kier alpha value is -3.13. The number of benzene rings is 2. The average Bonchev–Trinajstić information content (AvgIpc) is 3.30. The molecule has 1 amide bonds. The Morgan fingerprint density at radius 1 is 1.06 bits per heavy atom. The topological polar surface area (TPSA) is 84.7 Å². The molecule has 2 aromatic carbocycles. The van der Waals surface area contributed by atoms with Gasteiger partial charge in [0.2, 0.25) is 0 Å². The third kappa shape index (κ3) is 3.40. The fourth-order valence-corrected chi connectivity index (χ4v) is 4.95. The van der Waals surface area contributed by atoms with Gasteiger partial charge in [-0.15, -0.1) is 0 Å². The Bertz CT molecular complexity index is 1120. The number of rotatable bonds is 5. The molecule has 1 saturated heterocycles. The average molecular weight is 482 g/mol. The van der Waals surface area contributed by atoms with Gasteiger partial charge in [-0.1, -0.05) is 48.5 Å². The third-order valence-corrected chi connectivity index (χ3v) is 6.51. The Kier molecular flexibility index (Phi) is 4.81. The van der Waals surface area contributed by atoms with E-state index in [1.54, 1.807) is 16.9 Å². The maximum atomic E-state index is 12.7. The van der Waals surface area contributed by atoms with Crippen LogP contribution in [0.4, 0.5) is 4.79 Å². The molecule has 31 heavy (non-hydrogen) atoms. The number of aromatic nitrogens is 2. The molecule has 1 aliphatic carbocycles.